The number of hydrogen-bond donors (Lipinski definition) is 1. The van der Waals surface area contributed by atoms with E-state index < -0.39 is 0 Å². The van der Waals surface area contributed by atoms with Gasteiger partial charge in [0.25, 0.3) is 0 Å². The Bertz CT molecular complexity index is 607. The van der Waals surface area contributed by atoms with Gasteiger partial charge < -0.3 is 14.8 Å². The summed E-state index contributed by atoms with van der Waals surface area (Å²) in [6.45, 7) is 5.33. The van der Waals surface area contributed by atoms with Crippen LogP contribution in [0.3, 0.4) is 0 Å². The first-order chi connectivity index (χ1) is 12.6. The Hall–Kier alpha value is -1.50. The monoisotopic (exact) mass is 378 g/mol. The van der Waals surface area contributed by atoms with Crippen molar-refractivity contribution in [3.63, 3.8) is 0 Å². The van der Waals surface area contributed by atoms with E-state index >= 15 is 0 Å². The van der Waals surface area contributed by atoms with Crippen LogP contribution in [0.4, 0.5) is 0 Å². The Labute approximate surface area is 160 Å². The number of H-pyrrole nitrogens is 1. The Balaban J connectivity index is 1.57. The van der Waals surface area contributed by atoms with Gasteiger partial charge in [-0.2, -0.15) is 11.8 Å². The van der Waals surface area contributed by atoms with Gasteiger partial charge in [0.15, 0.2) is 0 Å². The summed E-state index contributed by atoms with van der Waals surface area (Å²) in [5, 5.41) is 0. The maximum atomic E-state index is 12.5. The smallest absolute Gasteiger partial charge is 0.232 e. The highest BCUT2D eigenvalue weighted by Gasteiger charge is 2.42. The van der Waals surface area contributed by atoms with Gasteiger partial charge in [0.1, 0.15) is 0 Å². The average molecular weight is 379 g/mol. The molecule has 3 heterocycles. The van der Waals surface area contributed by atoms with Crippen molar-refractivity contribution in [3.8, 4) is 0 Å². The number of carbonyl (C=O) groups is 2. The minimum atomic E-state index is 0.0885. The van der Waals surface area contributed by atoms with Crippen molar-refractivity contribution in [3.05, 3.63) is 18.2 Å². The lowest BCUT2D eigenvalue weighted by molar-refractivity contribution is -0.142. The van der Waals surface area contributed by atoms with Gasteiger partial charge in [-0.1, -0.05) is 6.92 Å². The van der Waals surface area contributed by atoms with E-state index in [0.717, 1.165) is 69.7 Å². The molecule has 0 aromatic carbocycles. The summed E-state index contributed by atoms with van der Waals surface area (Å²) in [4.78, 5) is 36.1. The van der Waals surface area contributed by atoms with Crippen molar-refractivity contribution in [1.82, 2.24) is 19.8 Å². The molecule has 6 nitrogen and oxygen atoms in total. The van der Waals surface area contributed by atoms with Gasteiger partial charge in [0.2, 0.25) is 11.8 Å². The number of thioether (sulfide) groups is 1. The van der Waals surface area contributed by atoms with Gasteiger partial charge in [-0.3, -0.25) is 9.59 Å². The summed E-state index contributed by atoms with van der Waals surface area (Å²) in [5.41, 5.74) is 1.15. The highest BCUT2D eigenvalue weighted by Crippen LogP contribution is 2.39. The number of aromatic amines is 1. The molecule has 3 rings (SSSR count). The van der Waals surface area contributed by atoms with Crippen LogP contribution in [0.15, 0.2) is 12.5 Å². The van der Waals surface area contributed by atoms with Gasteiger partial charge >= 0.3 is 0 Å². The zero-order valence-electron chi connectivity index (χ0n) is 15.7. The number of aromatic nitrogens is 2. The SMILES string of the molecule is CCCSCC(=O)N1CCC[C@]2(CCC(=O)N(CCc3cnc[nH]3)C2)C1. The predicted molar refractivity (Wildman–Crippen MR) is 104 cm³/mol. The van der Waals surface area contributed by atoms with E-state index in [0.29, 0.717) is 12.2 Å². The van der Waals surface area contributed by atoms with Gasteiger partial charge in [-0.05, 0) is 31.4 Å². The molecule has 0 unspecified atom stereocenters. The molecule has 0 saturated carbocycles. The van der Waals surface area contributed by atoms with E-state index in [4.69, 9.17) is 0 Å². The van der Waals surface area contributed by atoms with Crippen LogP contribution in [0.1, 0.15) is 44.7 Å². The molecule has 2 aliphatic heterocycles. The molecule has 0 bridgehead atoms. The second-order valence-electron chi connectivity index (χ2n) is 7.61. The highest BCUT2D eigenvalue weighted by atomic mass is 32.2. The van der Waals surface area contributed by atoms with E-state index in [1.807, 2.05) is 11.1 Å². The molecule has 2 aliphatic rings. The van der Waals surface area contributed by atoms with Crippen molar-refractivity contribution in [2.75, 3.05) is 37.7 Å². The van der Waals surface area contributed by atoms with Crippen molar-refractivity contribution < 1.29 is 9.59 Å². The zero-order chi connectivity index (χ0) is 18.4. The molecule has 1 aromatic heterocycles. The molecule has 2 amide bonds. The van der Waals surface area contributed by atoms with Crippen LogP contribution in [-0.4, -0.2) is 69.3 Å². The van der Waals surface area contributed by atoms with Crippen LogP contribution in [-0.2, 0) is 16.0 Å². The third kappa shape index (κ3) is 4.81. The molecule has 1 spiro atoms. The van der Waals surface area contributed by atoms with Gasteiger partial charge in [-0.15, -0.1) is 0 Å². The molecule has 1 aromatic rings. The summed E-state index contributed by atoms with van der Waals surface area (Å²) in [6, 6.07) is 0. The first-order valence-electron chi connectivity index (χ1n) is 9.72. The van der Waals surface area contributed by atoms with Gasteiger partial charge in [0.05, 0.1) is 12.1 Å². The van der Waals surface area contributed by atoms with Crippen LogP contribution in [0.2, 0.25) is 0 Å². The van der Waals surface area contributed by atoms with Crippen molar-refractivity contribution in [1.29, 1.82) is 0 Å². The minimum Gasteiger partial charge on any atom is -0.348 e. The van der Waals surface area contributed by atoms with E-state index in [1.165, 1.54) is 0 Å². The van der Waals surface area contributed by atoms with Crippen LogP contribution in [0.25, 0.3) is 0 Å². The lowest BCUT2D eigenvalue weighted by Gasteiger charge is -2.48. The first kappa shape index (κ1) is 19.3. The third-order valence-electron chi connectivity index (χ3n) is 5.54. The lowest BCUT2D eigenvalue weighted by Crippen LogP contribution is -2.55. The van der Waals surface area contributed by atoms with Crippen LogP contribution in [0.5, 0.6) is 0 Å². The van der Waals surface area contributed by atoms with E-state index in [1.54, 1.807) is 18.1 Å². The number of rotatable bonds is 7. The summed E-state index contributed by atoms with van der Waals surface area (Å²) < 4.78 is 0. The number of amides is 2. The quantitative estimate of drug-likeness (QED) is 0.740. The third-order valence-corrected chi connectivity index (χ3v) is 6.69. The number of carbonyl (C=O) groups excluding carboxylic acids is 2. The summed E-state index contributed by atoms with van der Waals surface area (Å²) in [7, 11) is 0. The summed E-state index contributed by atoms with van der Waals surface area (Å²) in [6.07, 6.45) is 9.09. The second kappa shape index (κ2) is 8.93. The van der Waals surface area contributed by atoms with E-state index in [-0.39, 0.29) is 17.2 Å². The number of piperidine rings is 2. The fraction of sp³-hybridized carbons (Fsp3) is 0.737. The number of nitrogens with zero attached hydrogens (tertiary/aromatic N) is 3. The molecule has 2 saturated heterocycles. The maximum absolute atomic E-state index is 12.5. The number of nitrogens with one attached hydrogen (secondary N) is 1. The average Bonchev–Trinajstić information content (AvgIpc) is 3.16. The predicted octanol–water partition coefficient (Wildman–Crippen LogP) is 2.33. The topological polar surface area (TPSA) is 69.3 Å². The number of hydrogen-bond acceptors (Lipinski definition) is 4. The Morgan fingerprint density at radius 1 is 1.38 bits per heavy atom. The van der Waals surface area contributed by atoms with Crippen molar-refractivity contribution in [2.24, 2.45) is 5.41 Å². The fourth-order valence-electron chi connectivity index (χ4n) is 4.13. The highest BCUT2D eigenvalue weighted by molar-refractivity contribution is 7.99. The maximum Gasteiger partial charge on any atom is 0.232 e. The standard InChI is InChI=1S/C19H30N4O2S/c1-2-10-26-12-18(25)22-8-3-6-19(13-22)7-4-17(24)23(14-19)9-5-16-11-20-15-21-16/h11,15H,2-10,12-14H2,1H3,(H,20,21)/t19-/m0/s1. The molecule has 7 heteroatoms. The van der Waals surface area contributed by atoms with Gasteiger partial charge in [-0.25, -0.2) is 4.98 Å². The number of imidazole rings is 1. The van der Waals surface area contributed by atoms with Crippen molar-refractivity contribution >= 4 is 23.6 Å². The molecular weight excluding hydrogens is 348 g/mol. The second-order valence-corrected chi connectivity index (χ2v) is 8.72. The summed E-state index contributed by atoms with van der Waals surface area (Å²) in [5.74, 6) is 2.15. The van der Waals surface area contributed by atoms with Crippen LogP contribution >= 0.6 is 11.8 Å². The molecule has 26 heavy (non-hydrogen) atoms. The van der Waals surface area contributed by atoms with Crippen LogP contribution < -0.4 is 0 Å². The Morgan fingerprint density at radius 3 is 3.04 bits per heavy atom. The normalized spacial score (nSPS) is 23.7. The Kier molecular flexibility index (Phi) is 6.62. The van der Waals surface area contributed by atoms with Crippen LogP contribution in [0, 0.1) is 5.41 Å². The fourth-order valence-corrected chi connectivity index (χ4v) is 4.92. The molecular formula is C19H30N4O2S. The molecule has 0 aliphatic carbocycles. The molecule has 0 radical (unpaired) electrons. The molecule has 144 valence electrons. The summed E-state index contributed by atoms with van der Waals surface area (Å²) >= 11 is 1.73. The Morgan fingerprint density at radius 2 is 2.27 bits per heavy atom. The molecule has 1 atom stereocenters. The first-order valence-corrected chi connectivity index (χ1v) is 10.9. The molecule has 2 fully saturated rings. The minimum absolute atomic E-state index is 0.0885. The van der Waals surface area contributed by atoms with E-state index in [2.05, 4.69) is 21.8 Å². The molecule has 1 N–H and O–H groups in total. The van der Waals surface area contributed by atoms with E-state index in [9.17, 15) is 9.59 Å². The number of likely N-dealkylation sites (tertiary alicyclic amines) is 2. The lowest BCUT2D eigenvalue weighted by atomic mass is 9.73. The van der Waals surface area contributed by atoms with Gasteiger partial charge in [0, 0.05) is 56.3 Å². The van der Waals surface area contributed by atoms with Crippen molar-refractivity contribution in [2.45, 2.75) is 45.4 Å². The zero-order valence-corrected chi connectivity index (χ0v) is 16.5. The largest absolute Gasteiger partial charge is 0.348 e.